The zero-order chi connectivity index (χ0) is 25.1. The molecule has 5 rings (SSSR count). The van der Waals surface area contributed by atoms with E-state index in [-0.39, 0.29) is 11.8 Å². The summed E-state index contributed by atoms with van der Waals surface area (Å²) in [5.41, 5.74) is 3.90. The Labute approximate surface area is 210 Å². The summed E-state index contributed by atoms with van der Waals surface area (Å²) in [7, 11) is 1.61. The summed E-state index contributed by atoms with van der Waals surface area (Å²) in [6, 6.07) is 19.3. The number of aromatic nitrogens is 3. The van der Waals surface area contributed by atoms with E-state index in [0.717, 1.165) is 28.0 Å². The number of methoxy groups -OCH3 is 1. The van der Waals surface area contributed by atoms with Crippen LogP contribution in [0.2, 0.25) is 0 Å². The molecule has 2 aromatic carbocycles. The van der Waals surface area contributed by atoms with E-state index in [0.29, 0.717) is 50.4 Å². The fraction of sp³-hybridized carbons (Fsp3) is 0.286. The second-order valence-electron chi connectivity index (χ2n) is 8.82. The van der Waals surface area contributed by atoms with Crippen LogP contribution >= 0.6 is 0 Å². The molecule has 0 bridgehead atoms. The van der Waals surface area contributed by atoms with Crippen LogP contribution in [0, 0.1) is 0 Å². The number of amides is 2. The van der Waals surface area contributed by atoms with Crippen molar-refractivity contribution >= 4 is 22.8 Å². The Balaban J connectivity index is 1.33. The van der Waals surface area contributed by atoms with Crippen LogP contribution in [0.4, 0.5) is 0 Å². The van der Waals surface area contributed by atoms with Crippen molar-refractivity contribution in [1.82, 2.24) is 24.6 Å². The summed E-state index contributed by atoms with van der Waals surface area (Å²) in [6.07, 6.45) is 2.04. The lowest BCUT2D eigenvalue weighted by atomic mass is 10.1. The van der Waals surface area contributed by atoms with Crippen molar-refractivity contribution in [1.29, 1.82) is 0 Å². The number of pyridine rings is 1. The fourth-order valence-corrected chi connectivity index (χ4v) is 4.61. The topological polar surface area (TPSA) is 80.6 Å². The molecule has 1 saturated heterocycles. The van der Waals surface area contributed by atoms with Crippen molar-refractivity contribution in [3.8, 4) is 17.0 Å². The maximum Gasteiger partial charge on any atom is 0.254 e. The first-order valence-corrected chi connectivity index (χ1v) is 12.2. The summed E-state index contributed by atoms with van der Waals surface area (Å²) in [5, 5.41) is 5.19. The van der Waals surface area contributed by atoms with Gasteiger partial charge in [-0.3, -0.25) is 9.59 Å². The van der Waals surface area contributed by atoms with Gasteiger partial charge in [0.1, 0.15) is 5.75 Å². The van der Waals surface area contributed by atoms with E-state index in [4.69, 9.17) is 9.72 Å². The molecule has 1 aliphatic rings. The van der Waals surface area contributed by atoms with Crippen molar-refractivity contribution < 1.29 is 14.3 Å². The zero-order valence-electron chi connectivity index (χ0n) is 20.6. The number of fused-ring (bicyclic) bond motifs is 1. The van der Waals surface area contributed by atoms with Gasteiger partial charge in [-0.1, -0.05) is 42.5 Å². The minimum Gasteiger partial charge on any atom is -0.497 e. The number of hydrogen-bond acceptors (Lipinski definition) is 5. The Kier molecular flexibility index (Phi) is 6.66. The lowest BCUT2D eigenvalue weighted by Gasteiger charge is -2.35. The van der Waals surface area contributed by atoms with Crippen LogP contribution in [-0.2, 0) is 17.8 Å². The molecule has 8 heteroatoms. The zero-order valence-corrected chi connectivity index (χ0v) is 20.6. The Morgan fingerprint density at radius 3 is 2.42 bits per heavy atom. The Hall–Kier alpha value is -4.20. The van der Waals surface area contributed by atoms with Crippen LogP contribution in [0.1, 0.15) is 22.8 Å². The summed E-state index contributed by atoms with van der Waals surface area (Å²) in [4.78, 5) is 35.0. The lowest BCUT2D eigenvalue weighted by molar-refractivity contribution is -0.131. The number of rotatable bonds is 6. The number of carbonyl (C=O) groups excluding carboxylic acids is 2. The van der Waals surface area contributed by atoms with E-state index in [1.807, 2.05) is 82.1 Å². The molecule has 0 spiro atoms. The number of ether oxygens (including phenoxy) is 1. The number of nitrogens with zero attached hydrogens (tertiary/aromatic N) is 5. The molecule has 36 heavy (non-hydrogen) atoms. The number of hydrogen-bond donors (Lipinski definition) is 0. The van der Waals surface area contributed by atoms with Gasteiger partial charge >= 0.3 is 0 Å². The van der Waals surface area contributed by atoms with E-state index in [2.05, 4.69) is 5.10 Å². The molecule has 0 N–H and O–H groups in total. The van der Waals surface area contributed by atoms with Gasteiger partial charge in [0.15, 0.2) is 5.65 Å². The molecule has 2 amide bonds. The SMILES string of the molecule is CCn1ncc2c(C(=O)N3CCN(C(=O)Cc4cccc(OC)c4)CC3)cc(-c3ccccc3)nc21. The Morgan fingerprint density at radius 1 is 0.944 bits per heavy atom. The van der Waals surface area contributed by atoms with Gasteiger partial charge in [0.25, 0.3) is 5.91 Å². The number of piperazine rings is 1. The van der Waals surface area contributed by atoms with Gasteiger partial charge in [-0.05, 0) is 30.7 Å². The largest absolute Gasteiger partial charge is 0.497 e. The van der Waals surface area contributed by atoms with E-state index in [1.54, 1.807) is 13.3 Å². The third kappa shape index (κ3) is 4.66. The predicted octanol–water partition coefficient (Wildman–Crippen LogP) is 3.65. The van der Waals surface area contributed by atoms with Gasteiger partial charge in [-0.25, -0.2) is 9.67 Å². The van der Waals surface area contributed by atoms with Crippen LogP contribution < -0.4 is 4.74 Å². The van der Waals surface area contributed by atoms with E-state index in [9.17, 15) is 9.59 Å². The molecule has 4 aromatic rings. The fourth-order valence-electron chi connectivity index (χ4n) is 4.61. The van der Waals surface area contributed by atoms with Crippen molar-refractivity contribution in [2.45, 2.75) is 19.9 Å². The third-order valence-electron chi connectivity index (χ3n) is 6.62. The molecule has 0 radical (unpaired) electrons. The molecular formula is C28H29N5O3. The Morgan fingerprint density at radius 2 is 1.69 bits per heavy atom. The number of carbonyl (C=O) groups is 2. The van der Waals surface area contributed by atoms with E-state index in [1.165, 1.54) is 0 Å². The maximum absolute atomic E-state index is 13.7. The molecule has 0 aliphatic carbocycles. The molecule has 2 aromatic heterocycles. The first kappa shape index (κ1) is 23.5. The molecule has 1 aliphatic heterocycles. The maximum atomic E-state index is 13.7. The normalized spacial score (nSPS) is 13.7. The highest BCUT2D eigenvalue weighted by atomic mass is 16.5. The van der Waals surface area contributed by atoms with Gasteiger partial charge in [0, 0.05) is 38.3 Å². The quantitative estimate of drug-likeness (QED) is 0.418. The summed E-state index contributed by atoms with van der Waals surface area (Å²) >= 11 is 0. The van der Waals surface area contributed by atoms with E-state index < -0.39 is 0 Å². The van der Waals surface area contributed by atoms with Gasteiger partial charge in [0.2, 0.25) is 5.91 Å². The highest BCUT2D eigenvalue weighted by molar-refractivity contribution is 6.06. The Bertz CT molecular complexity index is 1390. The van der Waals surface area contributed by atoms with Crippen molar-refractivity contribution in [2.75, 3.05) is 33.3 Å². The predicted molar refractivity (Wildman–Crippen MR) is 138 cm³/mol. The monoisotopic (exact) mass is 483 g/mol. The van der Waals surface area contributed by atoms with Crippen molar-refractivity contribution in [3.63, 3.8) is 0 Å². The van der Waals surface area contributed by atoms with Crippen LogP contribution in [0.3, 0.4) is 0 Å². The van der Waals surface area contributed by atoms with Crippen molar-refractivity contribution in [2.24, 2.45) is 0 Å². The molecule has 184 valence electrons. The highest BCUT2D eigenvalue weighted by Gasteiger charge is 2.27. The molecular weight excluding hydrogens is 454 g/mol. The number of aryl methyl sites for hydroxylation is 1. The van der Waals surface area contributed by atoms with Crippen LogP contribution in [0.25, 0.3) is 22.3 Å². The van der Waals surface area contributed by atoms with Crippen LogP contribution in [-0.4, -0.2) is 69.7 Å². The first-order valence-electron chi connectivity index (χ1n) is 12.2. The smallest absolute Gasteiger partial charge is 0.254 e. The molecule has 8 nitrogen and oxygen atoms in total. The second kappa shape index (κ2) is 10.2. The third-order valence-corrected chi connectivity index (χ3v) is 6.62. The highest BCUT2D eigenvalue weighted by Crippen LogP contribution is 2.26. The average Bonchev–Trinajstić information content (AvgIpc) is 3.36. The average molecular weight is 484 g/mol. The van der Waals surface area contributed by atoms with Crippen molar-refractivity contribution in [3.05, 3.63) is 78.0 Å². The molecule has 0 saturated carbocycles. The molecule has 0 atom stereocenters. The number of benzene rings is 2. The first-order chi connectivity index (χ1) is 17.6. The summed E-state index contributed by atoms with van der Waals surface area (Å²) in [5.74, 6) is 0.730. The minimum absolute atomic E-state index is 0.0530. The minimum atomic E-state index is -0.0601. The summed E-state index contributed by atoms with van der Waals surface area (Å²) in [6.45, 7) is 4.64. The second-order valence-corrected chi connectivity index (χ2v) is 8.82. The molecule has 0 unspecified atom stereocenters. The standard InChI is InChI=1S/C28H29N5O3/c1-3-33-27-24(19-29-33)23(18-25(30-27)21-9-5-4-6-10-21)28(35)32-14-12-31(13-15-32)26(34)17-20-8-7-11-22(16-20)36-2/h4-11,16,18-19H,3,12-15,17H2,1-2H3. The lowest BCUT2D eigenvalue weighted by Crippen LogP contribution is -2.51. The van der Waals surface area contributed by atoms with Crippen LogP contribution in [0.15, 0.2) is 66.9 Å². The molecule has 1 fully saturated rings. The van der Waals surface area contributed by atoms with Gasteiger partial charge < -0.3 is 14.5 Å². The summed E-state index contributed by atoms with van der Waals surface area (Å²) < 4.78 is 7.07. The van der Waals surface area contributed by atoms with Gasteiger partial charge in [-0.15, -0.1) is 0 Å². The van der Waals surface area contributed by atoms with Gasteiger partial charge in [0.05, 0.1) is 36.4 Å². The van der Waals surface area contributed by atoms with E-state index >= 15 is 0 Å². The van der Waals surface area contributed by atoms with Crippen LogP contribution in [0.5, 0.6) is 5.75 Å². The molecule has 3 heterocycles. The van der Waals surface area contributed by atoms with Gasteiger partial charge in [-0.2, -0.15) is 5.10 Å².